The molecule has 2 N–H and O–H groups in total. The summed E-state index contributed by atoms with van der Waals surface area (Å²) in [5.74, 6) is -1.51. The molecule has 0 saturated heterocycles. The Bertz CT molecular complexity index is 1220. The van der Waals surface area contributed by atoms with Crippen molar-refractivity contribution in [2.45, 2.75) is 33.0 Å². The first-order chi connectivity index (χ1) is 15.4. The van der Waals surface area contributed by atoms with Crippen molar-refractivity contribution in [3.8, 4) is 22.8 Å². The smallest absolute Gasteiger partial charge is 0.352 e. The Labute approximate surface area is 191 Å². The van der Waals surface area contributed by atoms with Crippen LogP contribution in [0.4, 0.5) is 17.6 Å². The van der Waals surface area contributed by atoms with Crippen LogP contribution in [0.15, 0.2) is 41.3 Å². The Morgan fingerprint density at radius 1 is 1.18 bits per heavy atom. The van der Waals surface area contributed by atoms with Gasteiger partial charge in [0.2, 0.25) is 5.91 Å². The quantitative estimate of drug-likeness (QED) is 0.500. The predicted octanol–water partition coefficient (Wildman–Crippen LogP) is 4.67. The Morgan fingerprint density at radius 3 is 2.52 bits per heavy atom. The van der Waals surface area contributed by atoms with Gasteiger partial charge in [0, 0.05) is 30.3 Å². The van der Waals surface area contributed by atoms with E-state index in [2.05, 4.69) is 20.3 Å². The molecule has 1 amide bonds. The maximum absolute atomic E-state index is 15.2. The fourth-order valence-electron chi connectivity index (χ4n) is 2.95. The molecule has 2 heterocycles. The molecule has 0 atom stereocenters. The van der Waals surface area contributed by atoms with Gasteiger partial charge in [0.05, 0.1) is 28.4 Å². The molecule has 33 heavy (non-hydrogen) atoms. The average Bonchev–Trinajstić information content (AvgIpc) is 2.72. The number of halogens is 5. The monoisotopic (exact) mass is 482 g/mol. The molecule has 0 bridgehead atoms. The molecule has 0 spiro atoms. The Balaban J connectivity index is 1.97. The number of aromatic amines is 1. The molecule has 0 aliphatic heterocycles. The normalized spacial score (nSPS) is 11.6. The molecule has 6 nitrogen and oxygen atoms in total. The highest BCUT2D eigenvalue weighted by molar-refractivity contribution is 6.33. The second-order valence-corrected chi connectivity index (χ2v) is 8.00. The molecule has 0 aliphatic carbocycles. The number of alkyl halides is 3. The lowest BCUT2D eigenvalue weighted by Crippen LogP contribution is -2.27. The second-order valence-electron chi connectivity index (χ2n) is 7.59. The fourth-order valence-corrected chi connectivity index (χ4v) is 3.19. The lowest BCUT2D eigenvalue weighted by Gasteiger charge is -2.13. The number of benzene rings is 1. The Kier molecular flexibility index (Phi) is 7.16. The molecule has 2 aromatic heterocycles. The van der Waals surface area contributed by atoms with Gasteiger partial charge in [-0.25, -0.2) is 9.37 Å². The van der Waals surface area contributed by atoms with Gasteiger partial charge in [0.1, 0.15) is 11.6 Å². The number of hydrogen-bond donors (Lipinski definition) is 2. The van der Waals surface area contributed by atoms with Crippen LogP contribution in [0.2, 0.25) is 5.02 Å². The number of hydrogen-bond acceptors (Lipinski definition) is 4. The number of nitrogens with zero attached hydrogens (tertiary/aromatic N) is 2. The molecule has 174 valence electrons. The predicted molar refractivity (Wildman–Crippen MR) is 115 cm³/mol. The van der Waals surface area contributed by atoms with E-state index in [4.69, 9.17) is 11.6 Å². The maximum atomic E-state index is 15.2. The molecule has 3 rings (SSSR count). The first kappa shape index (κ1) is 24.4. The molecule has 1 aromatic carbocycles. The lowest BCUT2D eigenvalue weighted by atomic mass is 10.1. The van der Waals surface area contributed by atoms with E-state index in [-0.39, 0.29) is 57.3 Å². The van der Waals surface area contributed by atoms with Crippen LogP contribution < -0.4 is 10.9 Å². The van der Waals surface area contributed by atoms with E-state index in [9.17, 15) is 22.8 Å². The highest BCUT2D eigenvalue weighted by Gasteiger charge is 2.27. The van der Waals surface area contributed by atoms with E-state index in [0.29, 0.717) is 0 Å². The summed E-state index contributed by atoms with van der Waals surface area (Å²) in [4.78, 5) is 34.6. The van der Waals surface area contributed by atoms with Crippen LogP contribution in [-0.2, 0) is 17.8 Å². The molecule has 3 aromatic rings. The summed E-state index contributed by atoms with van der Waals surface area (Å²) in [7, 11) is 0. The number of pyridine rings is 1. The molecular weight excluding hydrogens is 464 g/mol. The Hall–Kier alpha value is -3.27. The summed E-state index contributed by atoms with van der Waals surface area (Å²) in [5.41, 5.74) is -0.579. The van der Waals surface area contributed by atoms with Crippen molar-refractivity contribution >= 4 is 17.5 Å². The summed E-state index contributed by atoms with van der Waals surface area (Å²) in [6, 6.07) is 6.43. The number of aromatic nitrogens is 3. The van der Waals surface area contributed by atoms with Crippen molar-refractivity contribution in [1.82, 2.24) is 20.3 Å². The minimum Gasteiger partial charge on any atom is -0.352 e. The zero-order valence-corrected chi connectivity index (χ0v) is 18.3. The number of H-pyrrole nitrogens is 1. The minimum absolute atomic E-state index is 0.0276. The van der Waals surface area contributed by atoms with Gasteiger partial charge in [0.25, 0.3) is 5.56 Å². The molecule has 0 aliphatic rings. The van der Waals surface area contributed by atoms with Crippen LogP contribution in [-0.4, -0.2) is 27.0 Å². The standard InChI is InChI=1S/C22H19ClF4N4O2/c1-11(2)21(33)29-10-13-4-5-14(23)18(19(13)24)20-30-16(7-17(32)31-20)15-6-3-12(9-28-15)8-22(25,26)27/h3-7,9,11H,8,10H2,1-2H3,(H,29,33)(H,30,31,32). The third-order valence-corrected chi connectivity index (χ3v) is 4.93. The van der Waals surface area contributed by atoms with Crippen LogP contribution in [0.1, 0.15) is 25.0 Å². The van der Waals surface area contributed by atoms with Gasteiger partial charge in [-0.05, 0) is 17.7 Å². The first-order valence-corrected chi connectivity index (χ1v) is 10.2. The SMILES string of the molecule is CC(C)C(=O)NCc1ccc(Cl)c(-c2nc(-c3ccc(CC(F)(F)F)cn3)cc(=O)[nH]2)c1F. The largest absolute Gasteiger partial charge is 0.393 e. The number of carbonyl (C=O) groups is 1. The van der Waals surface area contributed by atoms with Crippen LogP contribution in [0.25, 0.3) is 22.8 Å². The van der Waals surface area contributed by atoms with Crippen LogP contribution in [0.3, 0.4) is 0 Å². The first-order valence-electron chi connectivity index (χ1n) is 9.83. The van der Waals surface area contributed by atoms with Crippen molar-refractivity contribution in [2.24, 2.45) is 5.92 Å². The van der Waals surface area contributed by atoms with Gasteiger partial charge in [-0.1, -0.05) is 37.6 Å². The molecular formula is C22H19ClF4N4O2. The molecule has 0 fully saturated rings. The van der Waals surface area contributed by atoms with Crippen molar-refractivity contribution < 1.29 is 22.4 Å². The number of amides is 1. The molecule has 0 radical (unpaired) electrons. The van der Waals surface area contributed by atoms with E-state index in [0.717, 1.165) is 12.3 Å². The summed E-state index contributed by atoms with van der Waals surface area (Å²) >= 11 is 6.17. The lowest BCUT2D eigenvalue weighted by molar-refractivity contribution is -0.127. The van der Waals surface area contributed by atoms with Crippen LogP contribution in [0.5, 0.6) is 0 Å². The summed E-state index contributed by atoms with van der Waals surface area (Å²) in [6.07, 6.45) is -4.49. The van der Waals surface area contributed by atoms with E-state index < -0.39 is 24.0 Å². The van der Waals surface area contributed by atoms with E-state index in [1.54, 1.807) is 13.8 Å². The highest BCUT2D eigenvalue weighted by Crippen LogP contribution is 2.31. The summed E-state index contributed by atoms with van der Waals surface area (Å²) < 4.78 is 52.9. The topological polar surface area (TPSA) is 87.7 Å². The van der Waals surface area contributed by atoms with Crippen molar-refractivity contribution in [3.05, 3.63) is 68.8 Å². The van der Waals surface area contributed by atoms with Crippen molar-refractivity contribution in [3.63, 3.8) is 0 Å². The zero-order valence-electron chi connectivity index (χ0n) is 17.6. The number of carbonyl (C=O) groups excluding carboxylic acids is 1. The summed E-state index contributed by atoms with van der Waals surface area (Å²) in [5, 5.41) is 2.58. The van der Waals surface area contributed by atoms with Crippen molar-refractivity contribution in [1.29, 1.82) is 0 Å². The third kappa shape index (κ3) is 6.16. The van der Waals surface area contributed by atoms with Gasteiger partial charge in [-0.2, -0.15) is 13.2 Å². The van der Waals surface area contributed by atoms with E-state index >= 15 is 4.39 Å². The van der Waals surface area contributed by atoms with Crippen LogP contribution in [0, 0.1) is 11.7 Å². The van der Waals surface area contributed by atoms with Gasteiger partial charge in [0.15, 0.2) is 0 Å². The molecule has 0 unspecified atom stereocenters. The molecule has 11 heteroatoms. The minimum atomic E-state index is -4.38. The maximum Gasteiger partial charge on any atom is 0.393 e. The van der Waals surface area contributed by atoms with Gasteiger partial charge in [-0.15, -0.1) is 0 Å². The van der Waals surface area contributed by atoms with E-state index in [1.807, 2.05) is 0 Å². The van der Waals surface area contributed by atoms with Crippen LogP contribution >= 0.6 is 11.6 Å². The number of rotatable bonds is 6. The number of nitrogens with one attached hydrogen (secondary N) is 2. The van der Waals surface area contributed by atoms with Gasteiger partial charge < -0.3 is 10.3 Å². The average molecular weight is 483 g/mol. The van der Waals surface area contributed by atoms with Gasteiger partial charge in [-0.3, -0.25) is 14.6 Å². The highest BCUT2D eigenvalue weighted by atomic mass is 35.5. The zero-order chi connectivity index (χ0) is 24.3. The fraction of sp³-hybridized carbons (Fsp3) is 0.273. The molecule has 0 saturated carbocycles. The Morgan fingerprint density at radius 2 is 1.91 bits per heavy atom. The third-order valence-electron chi connectivity index (χ3n) is 4.62. The van der Waals surface area contributed by atoms with E-state index in [1.165, 1.54) is 24.3 Å². The van der Waals surface area contributed by atoms with Crippen molar-refractivity contribution in [2.75, 3.05) is 0 Å². The van der Waals surface area contributed by atoms with Gasteiger partial charge >= 0.3 is 6.18 Å². The second kappa shape index (κ2) is 9.70. The summed E-state index contributed by atoms with van der Waals surface area (Å²) in [6.45, 7) is 3.30.